The second-order valence-corrected chi connectivity index (χ2v) is 5.21. The Morgan fingerprint density at radius 1 is 1.47 bits per heavy atom. The van der Waals surface area contributed by atoms with Gasteiger partial charge in [0.05, 0.1) is 12.7 Å². The molecule has 0 aliphatic heterocycles. The van der Waals surface area contributed by atoms with Gasteiger partial charge >= 0.3 is 12.0 Å². The summed E-state index contributed by atoms with van der Waals surface area (Å²) in [6.45, 7) is 5.80. The number of carbonyl (C=O) groups is 2. The molecular weight excluding hydrogens is 248 g/mol. The number of nitrogens with one attached hydrogen (secondary N) is 2. The maximum Gasteiger partial charge on any atom is 0.315 e. The van der Waals surface area contributed by atoms with Crippen molar-refractivity contribution in [3.05, 3.63) is 18.7 Å². The number of hydrogen-bond donors (Lipinski definition) is 3. The van der Waals surface area contributed by atoms with Crippen molar-refractivity contribution < 1.29 is 14.7 Å². The molecule has 0 aliphatic carbocycles. The topological polar surface area (TPSA) is 96.3 Å². The fourth-order valence-electron chi connectivity index (χ4n) is 1.75. The number of amides is 2. The summed E-state index contributed by atoms with van der Waals surface area (Å²) in [5.74, 6) is -0.947. The number of aromatic nitrogens is 2. The number of carbonyl (C=O) groups excluding carboxylic acids is 1. The van der Waals surface area contributed by atoms with Gasteiger partial charge in [-0.05, 0) is 20.8 Å². The predicted molar refractivity (Wildman–Crippen MR) is 69.7 cm³/mol. The van der Waals surface area contributed by atoms with Crippen LogP contribution in [0.25, 0.3) is 0 Å². The van der Waals surface area contributed by atoms with Gasteiger partial charge in [0.25, 0.3) is 0 Å². The summed E-state index contributed by atoms with van der Waals surface area (Å²) in [6.07, 6.45) is 5.02. The van der Waals surface area contributed by atoms with E-state index in [1.807, 2.05) is 17.7 Å². The number of hydrogen-bond acceptors (Lipinski definition) is 3. The number of carboxylic acids is 1. The van der Waals surface area contributed by atoms with Crippen LogP contribution >= 0.6 is 0 Å². The molecule has 0 saturated heterocycles. The fraction of sp³-hybridized carbons (Fsp3) is 0.583. The van der Waals surface area contributed by atoms with Crippen LogP contribution in [0.1, 0.15) is 27.2 Å². The minimum absolute atomic E-state index is 0.0881. The van der Waals surface area contributed by atoms with E-state index in [2.05, 4.69) is 15.6 Å². The average molecular weight is 268 g/mol. The van der Waals surface area contributed by atoms with E-state index < -0.39 is 11.5 Å². The Morgan fingerprint density at radius 3 is 2.68 bits per heavy atom. The van der Waals surface area contributed by atoms with Gasteiger partial charge < -0.3 is 20.3 Å². The molecular formula is C12H20N4O3. The number of aliphatic carboxylic acids is 1. The first-order valence-electron chi connectivity index (χ1n) is 6.05. The van der Waals surface area contributed by atoms with Crippen LogP contribution in [0.4, 0.5) is 4.79 Å². The van der Waals surface area contributed by atoms with E-state index >= 15 is 0 Å². The zero-order valence-corrected chi connectivity index (χ0v) is 11.4. The van der Waals surface area contributed by atoms with Crippen LogP contribution in [0.15, 0.2) is 18.7 Å². The van der Waals surface area contributed by atoms with E-state index in [9.17, 15) is 9.59 Å². The Hall–Kier alpha value is -2.05. The summed E-state index contributed by atoms with van der Waals surface area (Å²) < 4.78 is 1.85. The van der Waals surface area contributed by atoms with Gasteiger partial charge in [-0.2, -0.15) is 0 Å². The average Bonchev–Trinajstić information content (AvgIpc) is 2.65. The minimum Gasteiger partial charge on any atom is -0.481 e. The second-order valence-electron chi connectivity index (χ2n) is 5.21. The van der Waals surface area contributed by atoms with Crippen molar-refractivity contribution in [3.63, 3.8) is 0 Å². The van der Waals surface area contributed by atoms with Gasteiger partial charge in [-0.1, -0.05) is 0 Å². The minimum atomic E-state index is -0.947. The Bertz CT molecular complexity index is 428. The highest BCUT2D eigenvalue weighted by Crippen LogP contribution is 2.07. The lowest BCUT2D eigenvalue weighted by Gasteiger charge is -2.25. The molecule has 1 rings (SSSR count). The first-order chi connectivity index (χ1) is 8.78. The Labute approximate surface area is 112 Å². The summed E-state index contributed by atoms with van der Waals surface area (Å²) in [5.41, 5.74) is -0.787. The van der Waals surface area contributed by atoms with Gasteiger partial charge in [0.15, 0.2) is 0 Å². The number of rotatable bonds is 6. The summed E-state index contributed by atoms with van der Waals surface area (Å²) in [4.78, 5) is 26.3. The van der Waals surface area contributed by atoms with Crippen LogP contribution in [0.2, 0.25) is 0 Å². The number of nitrogens with zero attached hydrogens (tertiary/aromatic N) is 2. The number of carboxylic acid groups (broad SMARTS) is 1. The lowest BCUT2D eigenvalue weighted by molar-refractivity contribution is -0.138. The van der Waals surface area contributed by atoms with Gasteiger partial charge in [-0.25, -0.2) is 9.78 Å². The molecule has 3 N–H and O–H groups in total. The molecule has 0 radical (unpaired) electrons. The molecule has 2 amide bonds. The maximum absolute atomic E-state index is 11.7. The molecule has 106 valence electrons. The summed E-state index contributed by atoms with van der Waals surface area (Å²) >= 11 is 0. The first-order valence-corrected chi connectivity index (χ1v) is 6.05. The molecule has 7 heteroatoms. The Kier molecular flexibility index (Phi) is 4.91. The number of urea groups is 1. The molecule has 0 aliphatic rings. The Morgan fingerprint density at radius 2 is 2.16 bits per heavy atom. The second kappa shape index (κ2) is 6.21. The SMILES string of the molecule is CC(Cn1ccnc1)NC(=O)NC(C)(C)CC(=O)O. The molecule has 1 aromatic heterocycles. The highest BCUT2D eigenvalue weighted by Gasteiger charge is 2.24. The van der Waals surface area contributed by atoms with Crippen LogP contribution in [-0.4, -0.2) is 38.2 Å². The molecule has 7 nitrogen and oxygen atoms in total. The zero-order valence-electron chi connectivity index (χ0n) is 11.4. The van der Waals surface area contributed by atoms with E-state index in [0.29, 0.717) is 6.54 Å². The van der Waals surface area contributed by atoms with Gasteiger partial charge in [0.2, 0.25) is 0 Å². The van der Waals surface area contributed by atoms with Crippen LogP contribution in [0.3, 0.4) is 0 Å². The molecule has 0 fully saturated rings. The lowest BCUT2D eigenvalue weighted by Crippen LogP contribution is -2.51. The first kappa shape index (κ1) is 15.0. The van der Waals surface area contributed by atoms with Crippen molar-refractivity contribution in [1.29, 1.82) is 0 Å². The smallest absolute Gasteiger partial charge is 0.315 e. The van der Waals surface area contributed by atoms with Crippen molar-refractivity contribution in [2.75, 3.05) is 0 Å². The molecule has 1 heterocycles. The van der Waals surface area contributed by atoms with Gasteiger partial charge in [-0.15, -0.1) is 0 Å². The maximum atomic E-state index is 11.7. The molecule has 0 saturated carbocycles. The number of imidazole rings is 1. The van der Waals surface area contributed by atoms with Crippen molar-refractivity contribution in [3.8, 4) is 0 Å². The van der Waals surface area contributed by atoms with Gasteiger partial charge in [-0.3, -0.25) is 4.79 Å². The summed E-state index contributed by atoms with van der Waals surface area (Å²) in [5, 5.41) is 14.1. The molecule has 0 bridgehead atoms. The highest BCUT2D eigenvalue weighted by molar-refractivity contribution is 5.76. The highest BCUT2D eigenvalue weighted by atomic mass is 16.4. The van der Waals surface area contributed by atoms with Gasteiger partial charge in [0, 0.05) is 30.5 Å². The normalized spacial score (nSPS) is 12.8. The van der Waals surface area contributed by atoms with Crippen LogP contribution in [0, 0.1) is 0 Å². The third kappa shape index (κ3) is 5.89. The summed E-state index contributed by atoms with van der Waals surface area (Å²) in [7, 11) is 0. The third-order valence-corrected chi connectivity index (χ3v) is 2.47. The van der Waals surface area contributed by atoms with Crippen molar-refractivity contribution in [2.45, 2.75) is 45.3 Å². The standard InChI is InChI=1S/C12H20N4O3/c1-9(7-16-5-4-13-8-16)14-11(19)15-12(2,3)6-10(17)18/h4-5,8-9H,6-7H2,1-3H3,(H,17,18)(H2,14,15,19). The molecule has 0 aromatic carbocycles. The quantitative estimate of drug-likeness (QED) is 0.711. The summed E-state index contributed by atoms with van der Waals surface area (Å²) in [6, 6.07) is -0.464. The van der Waals surface area contributed by atoms with Crippen molar-refractivity contribution in [2.24, 2.45) is 0 Å². The third-order valence-electron chi connectivity index (χ3n) is 2.47. The monoisotopic (exact) mass is 268 g/mol. The van der Waals surface area contributed by atoms with E-state index in [1.165, 1.54) is 0 Å². The van der Waals surface area contributed by atoms with E-state index in [1.54, 1.807) is 26.4 Å². The van der Waals surface area contributed by atoms with Crippen LogP contribution in [0.5, 0.6) is 0 Å². The zero-order chi connectivity index (χ0) is 14.5. The molecule has 1 aromatic rings. The Balaban J connectivity index is 2.40. The molecule has 0 spiro atoms. The van der Waals surface area contributed by atoms with Crippen molar-refractivity contribution in [1.82, 2.24) is 20.2 Å². The van der Waals surface area contributed by atoms with Crippen LogP contribution in [-0.2, 0) is 11.3 Å². The van der Waals surface area contributed by atoms with E-state index in [0.717, 1.165) is 0 Å². The van der Waals surface area contributed by atoms with Gasteiger partial charge in [0.1, 0.15) is 0 Å². The molecule has 19 heavy (non-hydrogen) atoms. The molecule has 1 unspecified atom stereocenters. The predicted octanol–water partition coefficient (Wildman–Crippen LogP) is 0.824. The van der Waals surface area contributed by atoms with E-state index in [4.69, 9.17) is 5.11 Å². The fourth-order valence-corrected chi connectivity index (χ4v) is 1.75. The lowest BCUT2D eigenvalue weighted by atomic mass is 10.0. The van der Waals surface area contributed by atoms with Crippen molar-refractivity contribution >= 4 is 12.0 Å². The largest absolute Gasteiger partial charge is 0.481 e. The van der Waals surface area contributed by atoms with E-state index in [-0.39, 0.29) is 18.5 Å². The van der Waals surface area contributed by atoms with Crippen LogP contribution < -0.4 is 10.6 Å². The molecule has 1 atom stereocenters.